The van der Waals surface area contributed by atoms with Crippen LogP contribution in [0.3, 0.4) is 0 Å². The second-order valence-electron chi connectivity index (χ2n) is 6.13. The normalized spacial score (nSPS) is 16.7. The van der Waals surface area contributed by atoms with Gasteiger partial charge < -0.3 is 5.32 Å². The van der Waals surface area contributed by atoms with Crippen LogP contribution in [0.25, 0.3) is 0 Å². The molecule has 2 heterocycles. The van der Waals surface area contributed by atoms with Crippen LogP contribution in [0, 0.1) is 12.3 Å². The van der Waals surface area contributed by atoms with Crippen LogP contribution in [-0.2, 0) is 4.79 Å². The van der Waals surface area contributed by atoms with Crippen LogP contribution in [-0.4, -0.2) is 17.3 Å². The van der Waals surface area contributed by atoms with Gasteiger partial charge in [-0.15, -0.1) is 17.8 Å². The van der Waals surface area contributed by atoms with Gasteiger partial charge in [0, 0.05) is 27.3 Å². The van der Waals surface area contributed by atoms with E-state index in [0.717, 1.165) is 15.6 Å². The molecule has 1 unspecified atom stereocenters. The number of carbonyl (C=O) groups is 2. The summed E-state index contributed by atoms with van der Waals surface area (Å²) in [6.45, 7) is 3.44. The van der Waals surface area contributed by atoms with E-state index in [1.807, 2.05) is 42.6 Å². The molecule has 1 aromatic heterocycles. The molecule has 1 aliphatic rings. The van der Waals surface area contributed by atoms with E-state index in [1.165, 1.54) is 11.8 Å². The number of nitrogens with one attached hydrogen (secondary N) is 1. The highest BCUT2D eigenvalue weighted by Gasteiger charge is 2.32. The Morgan fingerprint density at radius 2 is 1.96 bits per heavy atom. The van der Waals surface area contributed by atoms with Crippen LogP contribution in [0.15, 0.2) is 69.7 Å². The van der Waals surface area contributed by atoms with E-state index < -0.39 is 0 Å². The van der Waals surface area contributed by atoms with Gasteiger partial charge in [-0.2, -0.15) is 0 Å². The first kappa shape index (κ1) is 19.2. The first-order valence-electron chi connectivity index (χ1n) is 8.47. The van der Waals surface area contributed by atoms with E-state index in [1.54, 1.807) is 30.4 Å². The van der Waals surface area contributed by atoms with Gasteiger partial charge in [0.1, 0.15) is 0 Å². The molecule has 1 aliphatic heterocycles. The summed E-state index contributed by atoms with van der Waals surface area (Å²) >= 11 is 2.96. The molecule has 3 rings (SSSR count). The van der Waals surface area contributed by atoms with Gasteiger partial charge in [0.2, 0.25) is 0 Å². The number of ketones is 2. The lowest BCUT2D eigenvalue weighted by atomic mass is 9.85. The molecule has 0 amide bonds. The summed E-state index contributed by atoms with van der Waals surface area (Å²) in [6.07, 6.45) is 5.84. The quantitative estimate of drug-likeness (QED) is 0.568. The molecule has 136 valence electrons. The van der Waals surface area contributed by atoms with Crippen LogP contribution in [0.1, 0.15) is 35.0 Å². The maximum Gasteiger partial charge on any atom is 0.173 e. The summed E-state index contributed by atoms with van der Waals surface area (Å²) in [5, 5.41) is 6.00. The lowest BCUT2D eigenvalue weighted by Gasteiger charge is -2.29. The molecule has 2 aromatic rings. The first-order chi connectivity index (χ1) is 13.0. The standard InChI is InChI=1S/C22H19NO2S2/c1-4-17-21(19-11-8-12-26-19)20(15(3)24)14(2)23-22(17)27-13-18(25)16-9-6-5-7-10-16/h1,5-12,21,23H,13H2,2-3H3. The van der Waals surface area contributed by atoms with Crippen LogP contribution in [0.4, 0.5) is 0 Å². The molecular formula is C22H19NO2S2. The van der Waals surface area contributed by atoms with Gasteiger partial charge in [-0.3, -0.25) is 9.59 Å². The van der Waals surface area contributed by atoms with Crippen LogP contribution in [0.5, 0.6) is 0 Å². The van der Waals surface area contributed by atoms with E-state index >= 15 is 0 Å². The molecule has 5 heteroatoms. The lowest BCUT2D eigenvalue weighted by molar-refractivity contribution is -0.113. The third kappa shape index (κ3) is 4.08. The third-order valence-corrected chi connectivity index (χ3v) is 6.29. The third-order valence-electron chi connectivity index (χ3n) is 4.33. The van der Waals surface area contributed by atoms with Gasteiger partial charge in [0.05, 0.1) is 16.7 Å². The average molecular weight is 394 g/mol. The van der Waals surface area contributed by atoms with Gasteiger partial charge >= 0.3 is 0 Å². The zero-order valence-electron chi connectivity index (χ0n) is 15.1. The van der Waals surface area contributed by atoms with Crippen molar-refractivity contribution in [3.63, 3.8) is 0 Å². The van der Waals surface area contributed by atoms with E-state index in [9.17, 15) is 9.59 Å². The largest absolute Gasteiger partial charge is 0.353 e. The van der Waals surface area contributed by atoms with Gasteiger partial charge in [-0.05, 0) is 25.3 Å². The zero-order chi connectivity index (χ0) is 19.4. The summed E-state index contributed by atoms with van der Waals surface area (Å²) in [4.78, 5) is 25.8. The molecule has 27 heavy (non-hydrogen) atoms. The second kappa shape index (κ2) is 8.43. The molecule has 0 radical (unpaired) electrons. The molecule has 3 nitrogen and oxygen atoms in total. The Hall–Kier alpha value is -2.55. The fourth-order valence-electron chi connectivity index (χ4n) is 3.11. The second-order valence-corrected chi connectivity index (χ2v) is 8.10. The minimum absolute atomic E-state index is 0.00411. The van der Waals surface area contributed by atoms with Gasteiger partial charge in [-0.1, -0.05) is 54.1 Å². The predicted molar refractivity (Wildman–Crippen MR) is 113 cm³/mol. The van der Waals surface area contributed by atoms with Crippen molar-refractivity contribution in [1.82, 2.24) is 5.32 Å². The Morgan fingerprint density at radius 3 is 2.56 bits per heavy atom. The van der Waals surface area contributed by atoms with Crippen molar-refractivity contribution in [1.29, 1.82) is 0 Å². The van der Waals surface area contributed by atoms with Crippen molar-refractivity contribution in [2.75, 3.05) is 5.75 Å². The van der Waals surface area contributed by atoms with E-state index in [4.69, 9.17) is 6.42 Å². The summed E-state index contributed by atoms with van der Waals surface area (Å²) in [5.74, 6) is 2.82. The number of thiophene rings is 1. The molecule has 0 bridgehead atoms. The molecule has 0 saturated carbocycles. The first-order valence-corrected chi connectivity index (χ1v) is 10.3. The number of hydrogen-bond donors (Lipinski definition) is 1. The fourth-order valence-corrected chi connectivity index (χ4v) is 4.95. The van der Waals surface area contributed by atoms with Crippen molar-refractivity contribution >= 4 is 34.7 Å². The van der Waals surface area contributed by atoms with Crippen LogP contribution in [0.2, 0.25) is 0 Å². The molecule has 1 atom stereocenters. The van der Waals surface area contributed by atoms with Crippen molar-refractivity contribution < 1.29 is 9.59 Å². The Morgan fingerprint density at radius 1 is 1.22 bits per heavy atom. The number of Topliss-reactive ketones (excluding diaryl/α,β-unsaturated/α-hetero) is 2. The topological polar surface area (TPSA) is 46.2 Å². The summed E-state index contributed by atoms with van der Waals surface area (Å²) < 4.78 is 0. The molecular weight excluding hydrogens is 374 g/mol. The fraction of sp³-hybridized carbons (Fsp3) is 0.182. The Balaban J connectivity index is 1.92. The number of rotatable bonds is 6. The smallest absolute Gasteiger partial charge is 0.173 e. The zero-order valence-corrected chi connectivity index (χ0v) is 16.7. The Kier molecular flexibility index (Phi) is 6.00. The number of carbonyl (C=O) groups excluding carboxylic acids is 2. The van der Waals surface area contributed by atoms with Crippen molar-refractivity contribution in [3.8, 4) is 12.3 Å². The van der Waals surface area contributed by atoms with Gasteiger partial charge in [0.25, 0.3) is 0 Å². The number of benzene rings is 1. The van der Waals surface area contributed by atoms with Crippen molar-refractivity contribution in [2.24, 2.45) is 0 Å². The molecule has 1 aromatic carbocycles. The SMILES string of the molecule is C#CC1=C(SCC(=O)c2ccccc2)NC(C)=C(C(C)=O)C1c1cccs1. The van der Waals surface area contributed by atoms with E-state index in [-0.39, 0.29) is 23.2 Å². The summed E-state index contributed by atoms with van der Waals surface area (Å²) in [6, 6.07) is 13.1. The van der Waals surface area contributed by atoms with Crippen molar-refractivity contribution in [3.05, 3.63) is 80.2 Å². The molecule has 1 N–H and O–H groups in total. The number of thioether (sulfide) groups is 1. The monoisotopic (exact) mass is 393 g/mol. The highest BCUT2D eigenvalue weighted by Crippen LogP contribution is 2.42. The predicted octanol–water partition coefficient (Wildman–Crippen LogP) is 4.76. The molecule has 0 saturated heterocycles. The highest BCUT2D eigenvalue weighted by atomic mass is 32.2. The number of dihydropyridines is 1. The molecule has 0 fully saturated rings. The highest BCUT2D eigenvalue weighted by molar-refractivity contribution is 8.03. The molecule has 0 aliphatic carbocycles. The number of hydrogen-bond acceptors (Lipinski definition) is 5. The van der Waals surface area contributed by atoms with E-state index in [0.29, 0.717) is 16.7 Å². The maximum absolute atomic E-state index is 12.5. The van der Waals surface area contributed by atoms with Gasteiger partial charge in [0.15, 0.2) is 11.6 Å². The maximum atomic E-state index is 12.5. The van der Waals surface area contributed by atoms with Gasteiger partial charge in [-0.25, -0.2) is 0 Å². The average Bonchev–Trinajstić information content (AvgIpc) is 3.20. The van der Waals surface area contributed by atoms with Crippen molar-refractivity contribution in [2.45, 2.75) is 19.8 Å². The van der Waals surface area contributed by atoms with Crippen LogP contribution < -0.4 is 5.32 Å². The Labute approximate surface area is 167 Å². The number of terminal acetylenes is 1. The lowest BCUT2D eigenvalue weighted by Crippen LogP contribution is -2.27. The summed E-state index contributed by atoms with van der Waals surface area (Å²) in [7, 11) is 0. The van der Waals surface area contributed by atoms with E-state index in [2.05, 4.69) is 11.2 Å². The minimum Gasteiger partial charge on any atom is -0.353 e. The van der Waals surface area contributed by atoms with Crippen LogP contribution >= 0.6 is 23.1 Å². The summed E-state index contributed by atoms with van der Waals surface area (Å²) in [5.41, 5.74) is 2.85. The Bertz CT molecular complexity index is 963. The minimum atomic E-state index is -0.261. The molecule has 0 spiro atoms. The number of allylic oxidation sites excluding steroid dienone is 3.